The molecule has 2 atom stereocenters. The Labute approximate surface area is 216 Å². The Hall–Kier alpha value is -2.89. The van der Waals surface area contributed by atoms with E-state index in [1.807, 2.05) is 4.90 Å². The molecule has 0 aliphatic carbocycles. The summed E-state index contributed by atoms with van der Waals surface area (Å²) in [7, 11) is 0. The summed E-state index contributed by atoms with van der Waals surface area (Å²) in [5, 5.41) is 2.69. The lowest BCUT2D eigenvalue weighted by Crippen LogP contribution is -2.51. The van der Waals surface area contributed by atoms with Crippen LogP contribution < -0.4 is 5.32 Å². The van der Waals surface area contributed by atoms with Gasteiger partial charge in [0.25, 0.3) is 0 Å². The Morgan fingerprint density at radius 1 is 1.03 bits per heavy atom. The number of nitrogens with one attached hydrogen (secondary N) is 1. The molecule has 12 heteroatoms. The molecule has 0 aromatic carbocycles. The highest BCUT2D eigenvalue weighted by molar-refractivity contribution is 5.81. The van der Waals surface area contributed by atoms with Crippen molar-refractivity contribution < 1.29 is 31.1 Å². The molecule has 2 unspecified atom stereocenters. The first-order chi connectivity index (χ1) is 17.9. The van der Waals surface area contributed by atoms with Crippen LogP contribution in [-0.2, 0) is 17.1 Å². The number of piperidine rings is 2. The van der Waals surface area contributed by atoms with Gasteiger partial charge in [-0.1, -0.05) is 11.6 Å². The highest BCUT2D eigenvalue weighted by Gasteiger charge is 2.40. The standard InChI is InChI=1S/C26H29F6N5O/c1-15(38)37-18-3-2-4-19(37)12-16(11-18)14-36-9-7-17(8-10-36)33-23-6-5-20-21(25(27,28)29)13-22(26(30,31)32)34-24(20)35-23/h5-6,11,13,17-19H,2-4,7-10,12,14H2,1H3,(H,33,34,35). The topological polar surface area (TPSA) is 61.4 Å². The third kappa shape index (κ3) is 5.60. The Bertz CT molecular complexity index is 1240. The number of rotatable bonds is 4. The van der Waals surface area contributed by atoms with E-state index in [0.29, 0.717) is 0 Å². The lowest BCUT2D eigenvalue weighted by atomic mass is 9.84. The van der Waals surface area contributed by atoms with Crippen LogP contribution in [0.3, 0.4) is 0 Å². The van der Waals surface area contributed by atoms with Crippen LogP contribution >= 0.6 is 0 Å². The Kier molecular flexibility index (Phi) is 7.04. The summed E-state index contributed by atoms with van der Waals surface area (Å²) < 4.78 is 79.8. The molecule has 6 nitrogen and oxygen atoms in total. The molecule has 2 aromatic heterocycles. The number of carbonyl (C=O) groups excluding carboxylic acids is 1. The maximum Gasteiger partial charge on any atom is 0.433 e. The fraction of sp³-hybridized carbons (Fsp3) is 0.577. The summed E-state index contributed by atoms with van der Waals surface area (Å²) in [5.41, 5.74) is -2.27. The van der Waals surface area contributed by atoms with Crippen LogP contribution in [0.4, 0.5) is 32.2 Å². The normalized spacial score (nSPS) is 23.4. The van der Waals surface area contributed by atoms with E-state index in [4.69, 9.17) is 0 Å². The molecule has 0 spiro atoms. The summed E-state index contributed by atoms with van der Waals surface area (Å²) in [5.74, 6) is 0.326. The average Bonchev–Trinajstić information content (AvgIpc) is 2.82. The largest absolute Gasteiger partial charge is 0.433 e. The predicted octanol–water partition coefficient (Wildman–Crippen LogP) is 5.64. The minimum atomic E-state index is -5.02. The van der Waals surface area contributed by atoms with Gasteiger partial charge in [0.15, 0.2) is 5.65 Å². The number of nitrogens with zero attached hydrogens (tertiary/aromatic N) is 4. The number of anilines is 1. The average molecular weight is 542 g/mol. The van der Waals surface area contributed by atoms with Gasteiger partial charge in [0.2, 0.25) is 5.91 Å². The van der Waals surface area contributed by atoms with E-state index in [0.717, 1.165) is 64.2 Å². The van der Waals surface area contributed by atoms with E-state index in [2.05, 4.69) is 26.3 Å². The molecular formula is C26H29F6N5O. The minimum absolute atomic E-state index is 0.0167. The first-order valence-electron chi connectivity index (χ1n) is 12.8. The van der Waals surface area contributed by atoms with Crippen LogP contribution in [0.1, 0.15) is 56.7 Å². The Morgan fingerprint density at radius 2 is 1.76 bits per heavy atom. The van der Waals surface area contributed by atoms with Gasteiger partial charge in [0, 0.05) is 44.0 Å². The van der Waals surface area contributed by atoms with Crippen LogP contribution in [0.25, 0.3) is 11.0 Å². The number of hydrogen-bond acceptors (Lipinski definition) is 5. The second kappa shape index (κ2) is 10.0. The zero-order valence-corrected chi connectivity index (χ0v) is 20.9. The van der Waals surface area contributed by atoms with Crippen molar-refractivity contribution in [2.45, 2.75) is 75.9 Å². The smallest absolute Gasteiger partial charge is 0.367 e. The molecule has 2 aromatic rings. The van der Waals surface area contributed by atoms with E-state index in [1.54, 1.807) is 6.92 Å². The first kappa shape index (κ1) is 26.7. The number of halogens is 6. The predicted molar refractivity (Wildman–Crippen MR) is 129 cm³/mol. The fourth-order valence-corrected chi connectivity index (χ4v) is 6.02. The molecule has 1 N–H and O–H groups in total. The number of alkyl halides is 6. The van der Waals surface area contributed by atoms with Crippen molar-refractivity contribution in [3.05, 3.63) is 41.1 Å². The molecule has 3 aliphatic heterocycles. The molecule has 2 saturated heterocycles. The molecule has 0 radical (unpaired) electrons. The quantitative estimate of drug-likeness (QED) is 0.401. The van der Waals surface area contributed by atoms with Gasteiger partial charge in [0.1, 0.15) is 11.5 Å². The first-order valence-corrected chi connectivity index (χ1v) is 12.8. The van der Waals surface area contributed by atoms with Crippen molar-refractivity contribution in [2.75, 3.05) is 25.0 Å². The molecule has 0 saturated carbocycles. The lowest BCUT2D eigenvalue weighted by molar-refractivity contribution is -0.144. The zero-order chi connectivity index (χ0) is 27.2. The van der Waals surface area contributed by atoms with Gasteiger partial charge in [-0.2, -0.15) is 26.3 Å². The number of aromatic nitrogens is 2. The van der Waals surface area contributed by atoms with Gasteiger partial charge in [0.05, 0.1) is 11.6 Å². The Balaban J connectivity index is 1.24. The van der Waals surface area contributed by atoms with Gasteiger partial charge < -0.3 is 10.2 Å². The summed E-state index contributed by atoms with van der Waals surface area (Å²) in [6, 6.07) is 2.93. The number of amides is 1. The van der Waals surface area contributed by atoms with Gasteiger partial charge in [-0.15, -0.1) is 0 Å². The summed E-state index contributed by atoms with van der Waals surface area (Å²) in [6.45, 7) is 4.06. The van der Waals surface area contributed by atoms with Crippen molar-refractivity contribution in [1.29, 1.82) is 0 Å². The third-order valence-electron chi connectivity index (χ3n) is 7.71. The Morgan fingerprint density at radius 3 is 2.39 bits per heavy atom. The minimum Gasteiger partial charge on any atom is -0.367 e. The number of carbonyl (C=O) groups is 1. The van der Waals surface area contributed by atoms with Gasteiger partial charge in [-0.25, -0.2) is 9.97 Å². The molecule has 3 aliphatic rings. The molecule has 1 amide bonds. The zero-order valence-electron chi connectivity index (χ0n) is 20.9. The second-order valence-corrected chi connectivity index (χ2v) is 10.4. The number of pyridine rings is 2. The van der Waals surface area contributed by atoms with E-state index in [1.165, 1.54) is 11.6 Å². The summed E-state index contributed by atoms with van der Waals surface area (Å²) >= 11 is 0. The lowest BCUT2D eigenvalue weighted by Gasteiger charge is -2.45. The molecule has 2 fully saturated rings. The monoisotopic (exact) mass is 541 g/mol. The number of likely N-dealkylation sites (tertiary alicyclic amines) is 1. The van der Waals surface area contributed by atoms with E-state index >= 15 is 0 Å². The fourth-order valence-electron chi connectivity index (χ4n) is 6.02. The van der Waals surface area contributed by atoms with Crippen molar-refractivity contribution in [3.63, 3.8) is 0 Å². The SMILES string of the molecule is CC(=O)N1C2C=C(CN3CCC(Nc4ccc5c(C(F)(F)F)cc(C(F)(F)F)nc5n4)CC3)CC1CCC2. The molecular weight excluding hydrogens is 512 g/mol. The molecule has 5 rings (SSSR count). The van der Waals surface area contributed by atoms with Crippen molar-refractivity contribution in [1.82, 2.24) is 19.8 Å². The molecule has 206 valence electrons. The summed E-state index contributed by atoms with van der Waals surface area (Å²) in [4.78, 5) is 23.8. The summed E-state index contributed by atoms with van der Waals surface area (Å²) in [6.07, 6.45) is -2.19. The van der Waals surface area contributed by atoms with Crippen LogP contribution in [0.15, 0.2) is 29.8 Å². The van der Waals surface area contributed by atoms with Crippen molar-refractivity contribution in [3.8, 4) is 0 Å². The van der Waals surface area contributed by atoms with Gasteiger partial charge >= 0.3 is 12.4 Å². The van der Waals surface area contributed by atoms with Crippen molar-refractivity contribution in [2.24, 2.45) is 0 Å². The maximum atomic E-state index is 13.4. The van der Waals surface area contributed by atoms with Crippen LogP contribution in [0.2, 0.25) is 0 Å². The maximum absolute atomic E-state index is 13.4. The van der Waals surface area contributed by atoms with Crippen LogP contribution in [0.5, 0.6) is 0 Å². The van der Waals surface area contributed by atoms with E-state index in [9.17, 15) is 31.1 Å². The van der Waals surface area contributed by atoms with Crippen LogP contribution in [-0.4, -0.2) is 63.4 Å². The molecule has 2 bridgehead atoms. The van der Waals surface area contributed by atoms with Crippen LogP contribution in [0, 0.1) is 0 Å². The molecule has 38 heavy (non-hydrogen) atoms. The second-order valence-electron chi connectivity index (χ2n) is 10.4. The van der Waals surface area contributed by atoms with E-state index < -0.39 is 34.6 Å². The number of hydrogen-bond donors (Lipinski definition) is 1. The highest BCUT2D eigenvalue weighted by Crippen LogP contribution is 2.38. The molecule has 5 heterocycles. The third-order valence-corrected chi connectivity index (χ3v) is 7.71. The van der Waals surface area contributed by atoms with Gasteiger partial charge in [-0.05, 0) is 56.7 Å². The van der Waals surface area contributed by atoms with Gasteiger partial charge in [-0.3, -0.25) is 9.69 Å². The van der Waals surface area contributed by atoms with E-state index in [-0.39, 0.29) is 35.9 Å². The van der Waals surface area contributed by atoms with Crippen molar-refractivity contribution >= 4 is 22.8 Å². The highest BCUT2D eigenvalue weighted by atomic mass is 19.4. The number of fused-ring (bicyclic) bond motifs is 3.